The molecule has 44 heavy (non-hydrogen) atoms. The summed E-state index contributed by atoms with van der Waals surface area (Å²) in [5.41, 5.74) is 0. The summed E-state index contributed by atoms with van der Waals surface area (Å²) in [6.45, 7) is 4.44. The quantitative estimate of drug-likeness (QED) is 0.0474. The monoisotopic (exact) mass is 628 g/mol. The highest BCUT2D eigenvalue weighted by Crippen LogP contribution is 2.22. The summed E-state index contributed by atoms with van der Waals surface area (Å²) < 4.78 is 22.5. The van der Waals surface area contributed by atoms with Crippen LogP contribution in [0.15, 0.2) is 24.3 Å². The lowest BCUT2D eigenvalue weighted by Crippen LogP contribution is -2.59. The standard InChI is InChI=1S/C35H64O9/c1-3-5-7-9-11-12-13-14-15-16-17-18-19-20-22-24-31(37)43-29(27-41-25-23-21-10-8-6-4-2)28-42-35-34(40)33(39)32(38)30(26-36)44-35/h11-12,14-15,29-30,32-36,38-40H,3-10,13,16-28H2,1-2H3/b12-11-,15-14-. The molecule has 1 saturated heterocycles. The second kappa shape index (κ2) is 27.9. The molecule has 0 radical (unpaired) electrons. The fourth-order valence-corrected chi connectivity index (χ4v) is 5.05. The van der Waals surface area contributed by atoms with Crippen molar-refractivity contribution >= 4 is 5.97 Å². The van der Waals surface area contributed by atoms with Gasteiger partial charge in [-0.25, -0.2) is 0 Å². The molecule has 1 fully saturated rings. The molecular formula is C35H64O9. The van der Waals surface area contributed by atoms with Crippen LogP contribution in [0.2, 0.25) is 0 Å². The number of hydrogen-bond acceptors (Lipinski definition) is 9. The maximum Gasteiger partial charge on any atom is 0.306 e. The van der Waals surface area contributed by atoms with Gasteiger partial charge in [-0.2, -0.15) is 0 Å². The Morgan fingerprint density at radius 2 is 1.32 bits per heavy atom. The molecule has 0 amide bonds. The fraction of sp³-hybridized carbons (Fsp3) is 0.857. The zero-order chi connectivity index (χ0) is 32.3. The van der Waals surface area contributed by atoms with E-state index >= 15 is 0 Å². The summed E-state index contributed by atoms with van der Waals surface area (Å²) >= 11 is 0. The second-order valence-electron chi connectivity index (χ2n) is 12.0. The third-order valence-corrected chi connectivity index (χ3v) is 7.87. The largest absolute Gasteiger partial charge is 0.457 e. The molecule has 0 saturated carbocycles. The van der Waals surface area contributed by atoms with Gasteiger partial charge in [-0.1, -0.05) is 102 Å². The summed E-state index contributed by atoms with van der Waals surface area (Å²) in [6.07, 6.45) is 20.8. The first-order chi connectivity index (χ1) is 21.4. The molecule has 4 N–H and O–H groups in total. The van der Waals surface area contributed by atoms with Gasteiger partial charge in [0.15, 0.2) is 6.29 Å². The van der Waals surface area contributed by atoms with Gasteiger partial charge in [0.1, 0.15) is 30.5 Å². The lowest BCUT2D eigenvalue weighted by molar-refractivity contribution is -0.305. The van der Waals surface area contributed by atoms with Gasteiger partial charge >= 0.3 is 5.97 Å². The van der Waals surface area contributed by atoms with Gasteiger partial charge in [0.2, 0.25) is 0 Å². The van der Waals surface area contributed by atoms with E-state index in [9.17, 15) is 25.2 Å². The molecule has 1 aliphatic rings. The van der Waals surface area contributed by atoms with Crippen molar-refractivity contribution in [3.63, 3.8) is 0 Å². The number of esters is 1. The molecule has 0 aromatic rings. The Kier molecular flexibility index (Phi) is 25.8. The maximum atomic E-state index is 12.6. The number of carbonyl (C=O) groups excluding carboxylic acids is 1. The van der Waals surface area contributed by atoms with Crippen molar-refractivity contribution in [1.29, 1.82) is 0 Å². The maximum absolute atomic E-state index is 12.6. The lowest BCUT2D eigenvalue weighted by atomic mass is 9.99. The Balaban J connectivity index is 2.34. The van der Waals surface area contributed by atoms with Gasteiger partial charge in [-0.05, 0) is 44.9 Å². The van der Waals surface area contributed by atoms with Crippen molar-refractivity contribution < 1.29 is 44.2 Å². The molecule has 1 rings (SSSR count). The Bertz CT molecular complexity index is 727. The van der Waals surface area contributed by atoms with Crippen LogP contribution in [0.1, 0.15) is 129 Å². The highest BCUT2D eigenvalue weighted by Gasteiger charge is 2.44. The van der Waals surface area contributed by atoms with Gasteiger partial charge < -0.3 is 39.4 Å². The van der Waals surface area contributed by atoms with Crippen molar-refractivity contribution in [3.05, 3.63) is 24.3 Å². The van der Waals surface area contributed by atoms with Crippen molar-refractivity contribution in [2.75, 3.05) is 26.4 Å². The SMILES string of the molecule is CCCCC/C=C\C/C=C\CCCCCCCC(=O)OC(COCCCCCCCC)COC1OC(CO)C(O)C(O)C1O. The summed E-state index contributed by atoms with van der Waals surface area (Å²) in [7, 11) is 0. The Labute approximate surface area is 267 Å². The van der Waals surface area contributed by atoms with E-state index in [2.05, 4.69) is 38.2 Å². The minimum atomic E-state index is -1.53. The van der Waals surface area contributed by atoms with Crippen LogP contribution in [0.25, 0.3) is 0 Å². The minimum absolute atomic E-state index is 0.118. The van der Waals surface area contributed by atoms with E-state index in [0.29, 0.717) is 13.0 Å². The summed E-state index contributed by atoms with van der Waals surface area (Å²) in [5.74, 6) is -0.332. The van der Waals surface area contributed by atoms with E-state index in [1.807, 2.05) is 0 Å². The molecule has 6 unspecified atom stereocenters. The molecule has 0 spiro atoms. The van der Waals surface area contributed by atoms with Crippen molar-refractivity contribution in [1.82, 2.24) is 0 Å². The van der Waals surface area contributed by atoms with E-state index in [4.69, 9.17) is 18.9 Å². The minimum Gasteiger partial charge on any atom is -0.457 e. The number of ether oxygens (including phenoxy) is 4. The highest BCUT2D eigenvalue weighted by atomic mass is 16.7. The highest BCUT2D eigenvalue weighted by molar-refractivity contribution is 5.69. The molecular weight excluding hydrogens is 564 g/mol. The number of aliphatic hydroxyl groups is 4. The van der Waals surface area contributed by atoms with Crippen molar-refractivity contribution in [2.45, 2.75) is 166 Å². The Hall–Kier alpha value is -1.33. The molecule has 1 heterocycles. The molecule has 0 aliphatic carbocycles. The van der Waals surface area contributed by atoms with E-state index in [1.54, 1.807) is 0 Å². The van der Waals surface area contributed by atoms with Crippen LogP contribution in [-0.4, -0.2) is 89.6 Å². The molecule has 258 valence electrons. The number of hydrogen-bond donors (Lipinski definition) is 4. The first-order valence-corrected chi connectivity index (χ1v) is 17.4. The van der Waals surface area contributed by atoms with Gasteiger partial charge in [0.25, 0.3) is 0 Å². The zero-order valence-corrected chi connectivity index (χ0v) is 27.7. The Morgan fingerprint density at radius 1 is 0.727 bits per heavy atom. The van der Waals surface area contributed by atoms with Crippen LogP contribution in [0.3, 0.4) is 0 Å². The van der Waals surface area contributed by atoms with Crippen LogP contribution in [-0.2, 0) is 23.7 Å². The molecule has 0 bridgehead atoms. The van der Waals surface area contributed by atoms with E-state index in [1.165, 1.54) is 51.4 Å². The predicted octanol–water partition coefficient (Wildman–Crippen LogP) is 5.91. The number of rotatable bonds is 28. The zero-order valence-electron chi connectivity index (χ0n) is 27.7. The third kappa shape index (κ3) is 19.9. The summed E-state index contributed by atoms with van der Waals surface area (Å²) in [4.78, 5) is 12.6. The van der Waals surface area contributed by atoms with Crippen LogP contribution in [0.4, 0.5) is 0 Å². The van der Waals surface area contributed by atoms with Crippen LogP contribution in [0.5, 0.6) is 0 Å². The average molecular weight is 629 g/mol. The first kappa shape index (κ1) is 40.7. The van der Waals surface area contributed by atoms with Crippen molar-refractivity contribution in [3.8, 4) is 0 Å². The molecule has 0 aromatic carbocycles. The predicted molar refractivity (Wildman–Crippen MR) is 173 cm³/mol. The van der Waals surface area contributed by atoms with Crippen LogP contribution >= 0.6 is 0 Å². The molecule has 1 aliphatic heterocycles. The summed E-state index contributed by atoms with van der Waals surface area (Å²) in [5, 5.41) is 39.7. The normalized spacial score (nSPS) is 23.1. The second-order valence-corrected chi connectivity index (χ2v) is 12.0. The van der Waals surface area contributed by atoms with Gasteiger partial charge in [-0.3, -0.25) is 4.79 Å². The number of allylic oxidation sites excluding steroid dienone is 4. The molecule has 9 heteroatoms. The Morgan fingerprint density at radius 3 is 2.00 bits per heavy atom. The number of carbonyl (C=O) groups is 1. The fourth-order valence-electron chi connectivity index (χ4n) is 5.05. The molecule has 6 atom stereocenters. The van der Waals surface area contributed by atoms with Gasteiger partial charge in [0.05, 0.1) is 19.8 Å². The third-order valence-electron chi connectivity index (χ3n) is 7.87. The average Bonchev–Trinajstić information content (AvgIpc) is 3.02. The topological polar surface area (TPSA) is 135 Å². The summed E-state index contributed by atoms with van der Waals surface area (Å²) in [6, 6.07) is 0. The first-order valence-electron chi connectivity index (χ1n) is 17.4. The van der Waals surface area contributed by atoms with E-state index in [-0.39, 0.29) is 19.2 Å². The van der Waals surface area contributed by atoms with E-state index < -0.39 is 43.4 Å². The van der Waals surface area contributed by atoms with Gasteiger partial charge in [0, 0.05) is 13.0 Å². The van der Waals surface area contributed by atoms with Crippen LogP contribution < -0.4 is 0 Å². The molecule has 9 nitrogen and oxygen atoms in total. The van der Waals surface area contributed by atoms with Crippen molar-refractivity contribution in [2.24, 2.45) is 0 Å². The molecule has 0 aromatic heterocycles. The van der Waals surface area contributed by atoms with Crippen LogP contribution in [0, 0.1) is 0 Å². The van der Waals surface area contributed by atoms with E-state index in [0.717, 1.165) is 57.8 Å². The smallest absolute Gasteiger partial charge is 0.306 e. The number of aliphatic hydroxyl groups excluding tert-OH is 4. The van der Waals surface area contributed by atoms with Gasteiger partial charge in [-0.15, -0.1) is 0 Å². The lowest BCUT2D eigenvalue weighted by Gasteiger charge is -2.39. The number of unbranched alkanes of at least 4 members (excludes halogenated alkanes) is 13.